The molecule has 0 atom stereocenters. The number of ether oxygens (including phenoxy) is 1. The van der Waals surface area contributed by atoms with Gasteiger partial charge in [0.1, 0.15) is 0 Å². The van der Waals surface area contributed by atoms with E-state index in [1.165, 1.54) is 12.0 Å². The minimum absolute atomic E-state index is 0.288. The zero-order valence-electron chi connectivity index (χ0n) is 15.2. The van der Waals surface area contributed by atoms with Crippen molar-refractivity contribution in [3.63, 3.8) is 0 Å². The Morgan fingerprint density at radius 1 is 0.741 bits per heavy atom. The van der Waals surface area contributed by atoms with E-state index >= 15 is 0 Å². The summed E-state index contributed by atoms with van der Waals surface area (Å²) in [4.78, 5) is 28.6. The van der Waals surface area contributed by atoms with Crippen molar-refractivity contribution in [1.82, 2.24) is 0 Å². The number of rotatable bonds is 4. The van der Waals surface area contributed by atoms with Gasteiger partial charge in [-0.3, -0.25) is 9.80 Å². The molecule has 0 spiro atoms. The highest BCUT2D eigenvalue weighted by Gasteiger charge is 2.25. The SMILES string of the molecule is COC(=O)c1ccccc1N(C)C(=O)N(c1ccccc1)c1ccccc1. The van der Waals surface area contributed by atoms with E-state index in [1.54, 1.807) is 36.2 Å². The molecule has 0 aromatic heterocycles. The van der Waals surface area contributed by atoms with Crippen molar-refractivity contribution in [3.05, 3.63) is 90.5 Å². The summed E-state index contributed by atoms with van der Waals surface area (Å²) in [5.41, 5.74) is 2.27. The highest BCUT2D eigenvalue weighted by molar-refractivity contribution is 6.10. The Labute approximate surface area is 158 Å². The molecule has 0 heterocycles. The van der Waals surface area contributed by atoms with E-state index in [-0.39, 0.29) is 6.03 Å². The molecule has 2 amide bonds. The van der Waals surface area contributed by atoms with E-state index in [0.29, 0.717) is 11.3 Å². The summed E-state index contributed by atoms with van der Waals surface area (Å²) in [6, 6.07) is 25.3. The molecule has 0 aliphatic heterocycles. The minimum Gasteiger partial charge on any atom is -0.465 e. The Hall–Kier alpha value is -3.60. The van der Waals surface area contributed by atoms with Crippen molar-refractivity contribution in [1.29, 1.82) is 0 Å². The molecule has 5 nitrogen and oxygen atoms in total. The molecular weight excluding hydrogens is 340 g/mol. The van der Waals surface area contributed by atoms with E-state index in [4.69, 9.17) is 4.74 Å². The number of hydrogen-bond donors (Lipinski definition) is 0. The normalized spacial score (nSPS) is 10.1. The van der Waals surface area contributed by atoms with Crippen molar-refractivity contribution in [2.45, 2.75) is 0 Å². The Morgan fingerprint density at radius 2 is 1.22 bits per heavy atom. The summed E-state index contributed by atoms with van der Waals surface area (Å²) in [6.07, 6.45) is 0. The summed E-state index contributed by atoms with van der Waals surface area (Å²) in [5.74, 6) is -0.490. The van der Waals surface area contributed by atoms with Crippen molar-refractivity contribution >= 4 is 29.1 Å². The summed E-state index contributed by atoms with van der Waals surface area (Å²) in [7, 11) is 2.96. The average molecular weight is 360 g/mol. The molecule has 3 aromatic carbocycles. The predicted molar refractivity (Wildman–Crippen MR) is 107 cm³/mol. The van der Waals surface area contributed by atoms with Crippen molar-refractivity contribution in [3.8, 4) is 0 Å². The van der Waals surface area contributed by atoms with Gasteiger partial charge < -0.3 is 4.74 Å². The molecule has 0 bridgehead atoms. The molecule has 0 unspecified atom stereocenters. The second kappa shape index (κ2) is 8.19. The standard InChI is InChI=1S/C22H20N2O3/c1-23(20-16-10-9-15-19(20)21(25)27-2)22(26)24(17-11-5-3-6-12-17)18-13-7-4-8-14-18/h3-16H,1-2H3. The molecule has 0 fully saturated rings. The molecule has 0 N–H and O–H groups in total. The van der Waals surface area contributed by atoms with Gasteiger partial charge in [0.2, 0.25) is 0 Å². The average Bonchev–Trinajstić information content (AvgIpc) is 2.74. The van der Waals surface area contributed by atoms with Crippen LogP contribution in [0.25, 0.3) is 0 Å². The first kappa shape index (κ1) is 18.2. The van der Waals surface area contributed by atoms with Gasteiger partial charge in [-0.2, -0.15) is 0 Å². The van der Waals surface area contributed by atoms with Gasteiger partial charge in [-0.05, 0) is 36.4 Å². The van der Waals surface area contributed by atoms with E-state index in [1.807, 2.05) is 60.7 Å². The predicted octanol–water partition coefficient (Wildman–Crippen LogP) is 4.87. The van der Waals surface area contributed by atoms with Gasteiger partial charge >= 0.3 is 12.0 Å². The number of anilines is 3. The number of methoxy groups -OCH3 is 1. The maximum atomic E-state index is 13.4. The van der Waals surface area contributed by atoms with E-state index < -0.39 is 5.97 Å². The molecule has 136 valence electrons. The third-order valence-electron chi connectivity index (χ3n) is 4.18. The molecule has 3 aromatic rings. The second-order valence-electron chi connectivity index (χ2n) is 5.86. The van der Waals surface area contributed by atoms with E-state index in [2.05, 4.69) is 0 Å². The number of urea groups is 1. The molecule has 3 rings (SSSR count). The molecule has 0 aliphatic rings. The van der Waals surface area contributed by atoms with Gasteiger partial charge in [0.25, 0.3) is 0 Å². The van der Waals surface area contributed by atoms with Crippen LogP contribution in [0.2, 0.25) is 0 Å². The van der Waals surface area contributed by atoms with Gasteiger partial charge in [-0.25, -0.2) is 9.59 Å². The first-order chi connectivity index (χ1) is 13.1. The van der Waals surface area contributed by atoms with Crippen molar-refractivity contribution in [2.75, 3.05) is 24.0 Å². The van der Waals surface area contributed by atoms with Crippen molar-refractivity contribution < 1.29 is 14.3 Å². The van der Waals surface area contributed by atoms with Gasteiger partial charge in [-0.15, -0.1) is 0 Å². The Bertz CT molecular complexity index is 887. The molecule has 27 heavy (non-hydrogen) atoms. The van der Waals surface area contributed by atoms with Gasteiger partial charge in [0.05, 0.1) is 29.7 Å². The highest BCUT2D eigenvalue weighted by atomic mass is 16.5. The van der Waals surface area contributed by atoms with Gasteiger partial charge in [0.15, 0.2) is 0 Å². The third-order valence-corrected chi connectivity index (χ3v) is 4.18. The monoisotopic (exact) mass is 360 g/mol. The lowest BCUT2D eigenvalue weighted by Gasteiger charge is -2.29. The number of hydrogen-bond acceptors (Lipinski definition) is 3. The lowest BCUT2D eigenvalue weighted by atomic mass is 10.1. The van der Waals surface area contributed by atoms with E-state index in [0.717, 1.165) is 11.4 Å². The summed E-state index contributed by atoms with van der Waals surface area (Å²) in [5, 5.41) is 0. The zero-order valence-corrected chi connectivity index (χ0v) is 15.2. The third kappa shape index (κ3) is 3.82. The molecule has 5 heteroatoms. The number of carbonyl (C=O) groups excluding carboxylic acids is 2. The number of esters is 1. The van der Waals surface area contributed by atoms with Crippen LogP contribution in [-0.4, -0.2) is 26.2 Å². The van der Waals surface area contributed by atoms with Crippen LogP contribution in [0.3, 0.4) is 0 Å². The Kier molecular flexibility index (Phi) is 5.52. The van der Waals surface area contributed by atoms with Crippen molar-refractivity contribution in [2.24, 2.45) is 0 Å². The Balaban J connectivity index is 2.04. The molecule has 0 radical (unpaired) electrons. The zero-order chi connectivity index (χ0) is 19.2. The first-order valence-electron chi connectivity index (χ1n) is 8.48. The van der Waals surface area contributed by atoms with Gasteiger partial charge in [0, 0.05) is 7.05 Å². The van der Waals surface area contributed by atoms with Crippen LogP contribution < -0.4 is 9.80 Å². The maximum Gasteiger partial charge on any atom is 0.339 e. The number of para-hydroxylation sites is 3. The fourth-order valence-electron chi connectivity index (χ4n) is 2.83. The lowest BCUT2D eigenvalue weighted by Crippen LogP contribution is -2.39. The van der Waals surface area contributed by atoms with Gasteiger partial charge in [-0.1, -0.05) is 48.5 Å². The highest BCUT2D eigenvalue weighted by Crippen LogP contribution is 2.29. The summed E-state index contributed by atoms with van der Waals surface area (Å²) in [6.45, 7) is 0. The van der Waals surface area contributed by atoms with E-state index in [9.17, 15) is 9.59 Å². The number of nitrogens with zero attached hydrogens (tertiary/aromatic N) is 2. The molecular formula is C22H20N2O3. The smallest absolute Gasteiger partial charge is 0.339 e. The lowest BCUT2D eigenvalue weighted by molar-refractivity contribution is 0.0601. The fourth-order valence-corrected chi connectivity index (χ4v) is 2.83. The van der Waals surface area contributed by atoms with Crippen LogP contribution in [-0.2, 0) is 4.74 Å². The minimum atomic E-state index is -0.490. The van der Waals surface area contributed by atoms with Crippen LogP contribution in [0.5, 0.6) is 0 Å². The fraction of sp³-hybridized carbons (Fsp3) is 0.0909. The van der Waals surface area contributed by atoms with Crippen LogP contribution >= 0.6 is 0 Å². The first-order valence-corrected chi connectivity index (χ1v) is 8.48. The topological polar surface area (TPSA) is 49.9 Å². The molecule has 0 saturated carbocycles. The molecule has 0 saturated heterocycles. The van der Waals surface area contributed by atoms with Crippen LogP contribution in [0.4, 0.5) is 21.9 Å². The van der Waals surface area contributed by atoms with Crippen LogP contribution in [0.1, 0.15) is 10.4 Å². The molecule has 0 aliphatic carbocycles. The number of carbonyl (C=O) groups is 2. The Morgan fingerprint density at radius 3 is 1.74 bits per heavy atom. The number of amides is 2. The number of benzene rings is 3. The van der Waals surface area contributed by atoms with Crippen LogP contribution in [0, 0.1) is 0 Å². The quantitative estimate of drug-likeness (QED) is 0.624. The summed E-state index contributed by atoms with van der Waals surface area (Å²) >= 11 is 0. The largest absolute Gasteiger partial charge is 0.465 e. The second-order valence-corrected chi connectivity index (χ2v) is 5.86. The van der Waals surface area contributed by atoms with Crippen LogP contribution in [0.15, 0.2) is 84.9 Å². The summed E-state index contributed by atoms with van der Waals surface area (Å²) < 4.78 is 4.85. The maximum absolute atomic E-state index is 13.4.